The molecule has 1 N–H and O–H groups in total. The molecule has 0 bridgehead atoms. The number of amides is 1. The summed E-state index contributed by atoms with van der Waals surface area (Å²) >= 11 is 0. The molecule has 19 heavy (non-hydrogen) atoms. The molecule has 0 unspecified atom stereocenters. The SMILES string of the molecule is CCN(CC)CCN(CC(=O)O)C(=O)OC(C)(C)C. The van der Waals surface area contributed by atoms with E-state index in [1.807, 2.05) is 13.8 Å². The zero-order valence-corrected chi connectivity index (χ0v) is 12.6. The van der Waals surface area contributed by atoms with Gasteiger partial charge in [-0.3, -0.25) is 9.69 Å². The molecule has 0 aromatic rings. The molecule has 0 aromatic heterocycles. The van der Waals surface area contributed by atoms with E-state index >= 15 is 0 Å². The van der Waals surface area contributed by atoms with E-state index in [1.165, 1.54) is 4.90 Å². The highest BCUT2D eigenvalue weighted by atomic mass is 16.6. The van der Waals surface area contributed by atoms with Crippen molar-refractivity contribution >= 4 is 12.1 Å². The lowest BCUT2D eigenvalue weighted by Crippen LogP contribution is -2.43. The van der Waals surface area contributed by atoms with Crippen LogP contribution in [0.5, 0.6) is 0 Å². The molecule has 0 aliphatic rings. The number of hydrogen-bond acceptors (Lipinski definition) is 4. The average Bonchev–Trinajstić information content (AvgIpc) is 2.25. The van der Waals surface area contributed by atoms with Gasteiger partial charge in [0.25, 0.3) is 0 Å². The van der Waals surface area contributed by atoms with Crippen molar-refractivity contribution in [2.75, 3.05) is 32.7 Å². The van der Waals surface area contributed by atoms with Crippen molar-refractivity contribution in [2.45, 2.75) is 40.2 Å². The van der Waals surface area contributed by atoms with Crippen LogP contribution in [0, 0.1) is 0 Å². The minimum atomic E-state index is -1.04. The molecule has 6 heteroatoms. The monoisotopic (exact) mass is 274 g/mol. The summed E-state index contributed by atoms with van der Waals surface area (Å²) < 4.78 is 5.21. The first-order valence-electron chi connectivity index (χ1n) is 6.61. The molecule has 0 aromatic carbocycles. The van der Waals surface area contributed by atoms with Crippen LogP contribution >= 0.6 is 0 Å². The third kappa shape index (κ3) is 8.42. The number of carboxylic acid groups (broad SMARTS) is 1. The molecule has 1 amide bonds. The molecule has 0 heterocycles. The van der Waals surface area contributed by atoms with E-state index in [0.717, 1.165) is 13.1 Å². The summed E-state index contributed by atoms with van der Waals surface area (Å²) in [4.78, 5) is 26.1. The fourth-order valence-corrected chi connectivity index (χ4v) is 1.53. The number of ether oxygens (including phenoxy) is 1. The van der Waals surface area contributed by atoms with Crippen LogP contribution < -0.4 is 0 Å². The van der Waals surface area contributed by atoms with E-state index in [2.05, 4.69) is 4.90 Å². The van der Waals surface area contributed by atoms with Crippen molar-refractivity contribution in [3.8, 4) is 0 Å². The van der Waals surface area contributed by atoms with E-state index in [-0.39, 0.29) is 6.54 Å². The number of nitrogens with zero attached hydrogens (tertiary/aromatic N) is 2. The van der Waals surface area contributed by atoms with Gasteiger partial charge in [0.05, 0.1) is 0 Å². The molecule has 112 valence electrons. The highest BCUT2D eigenvalue weighted by Crippen LogP contribution is 2.10. The van der Waals surface area contributed by atoms with Crippen LogP contribution in [0.3, 0.4) is 0 Å². The van der Waals surface area contributed by atoms with Gasteiger partial charge in [-0.2, -0.15) is 0 Å². The Balaban J connectivity index is 4.53. The Bertz CT molecular complexity index is 296. The van der Waals surface area contributed by atoms with E-state index in [9.17, 15) is 9.59 Å². The summed E-state index contributed by atoms with van der Waals surface area (Å²) in [6.07, 6.45) is -0.581. The number of likely N-dealkylation sites (N-methyl/N-ethyl adjacent to an activating group) is 1. The summed E-state index contributed by atoms with van der Waals surface area (Å²) in [5.74, 6) is -1.04. The van der Waals surface area contributed by atoms with E-state index < -0.39 is 17.7 Å². The third-order valence-corrected chi connectivity index (χ3v) is 2.56. The zero-order valence-electron chi connectivity index (χ0n) is 12.6. The zero-order chi connectivity index (χ0) is 15.1. The third-order valence-electron chi connectivity index (χ3n) is 2.56. The van der Waals surface area contributed by atoms with Gasteiger partial charge in [-0.25, -0.2) is 4.79 Å². The van der Waals surface area contributed by atoms with Crippen LogP contribution in [0.2, 0.25) is 0 Å². The van der Waals surface area contributed by atoms with Gasteiger partial charge in [-0.15, -0.1) is 0 Å². The molecule has 0 spiro atoms. The van der Waals surface area contributed by atoms with E-state index in [0.29, 0.717) is 13.1 Å². The molecule has 6 nitrogen and oxygen atoms in total. The first-order chi connectivity index (χ1) is 8.69. The van der Waals surface area contributed by atoms with Crippen molar-refractivity contribution in [2.24, 2.45) is 0 Å². The molecule has 0 saturated carbocycles. The van der Waals surface area contributed by atoms with Crippen molar-refractivity contribution in [3.63, 3.8) is 0 Å². The van der Waals surface area contributed by atoms with Gasteiger partial charge in [0.2, 0.25) is 0 Å². The van der Waals surface area contributed by atoms with E-state index in [1.54, 1.807) is 20.8 Å². The van der Waals surface area contributed by atoms with Gasteiger partial charge in [0.15, 0.2) is 0 Å². The maximum Gasteiger partial charge on any atom is 0.410 e. The smallest absolute Gasteiger partial charge is 0.410 e. The second-order valence-electron chi connectivity index (χ2n) is 5.32. The number of carbonyl (C=O) groups is 2. The summed E-state index contributed by atoms with van der Waals surface area (Å²) in [5.41, 5.74) is -0.622. The van der Waals surface area contributed by atoms with Crippen LogP contribution in [0.15, 0.2) is 0 Å². The number of hydrogen-bond donors (Lipinski definition) is 1. The van der Waals surface area contributed by atoms with Crippen LogP contribution in [0.25, 0.3) is 0 Å². The van der Waals surface area contributed by atoms with Gasteiger partial charge < -0.3 is 14.7 Å². The Morgan fingerprint density at radius 2 is 1.63 bits per heavy atom. The molecule has 0 atom stereocenters. The lowest BCUT2D eigenvalue weighted by atomic mass is 10.2. The molecule has 0 rings (SSSR count). The first kappa shape index (κ1) is 17.7. The van der Waals surface area contributed by atoms with E-state index in [4.69, 9.17) is 9.84 Å². The molecule has 0 fully saturated rings. The van der Waals surface area contributed by atoms with Gasteiger partial charge in [-0.05, 0) is 33.9 Å². The Morgan fingerprint density at radius 3 is 2.00 bits per heavy atom. The maximum absolute atomic E-state index is 11.9. The van der Waals surface area contributed by atoms with Gasteiger partial charge >= 0.3 is 12.1 Å². The maximum atomic E-state index is 11.9. The van der Waals surface area contributed by atoms with Crippen molar-refractivity contribution in [3.05, 3.63) is 0 Å². The number of rotatable bonds is 7. The summed E-state index contributed by atoms with van der Waals surface area (Å²) in [6.45, 7) is 11.7. The lowest BCUT2D eigenvalue weighted by molar-refractivity contribution is -0.138. The molecular formula is C13H26N2O4. The Kier molecular flexibility index (Phi) is 7.44. The predicted octanol–water partition coefficient (Wildman–Crippen LogP) is 1.65. The van der Waals surface area contributed by atoms with Crippen molar-refractivity contribution in [1.82, 2.24) is 9.80 Å². The minimum Gasteiger partial charge on any atom is -0.480 e. The van der Waals surface area contributed by atoms with Crippen LogP contribution in [0.4, 0.5) is 4.79 Å². The van der Waals surface area contributed by atoms with Crippen molar-refractivity contribution in [1.29, 1.82) is 0 Å². The van der Waals surface area contributed by atoms with Gasteiger partial charge in [-0.1, -0.05) is 13.8 Å². The van der Waals surface area contributed by atoms with Gasteiger partial charge in [0, 0.05) is 13.1 Å². The number of carboxylic acids is 1. The average molecular weight is 274 g/mol. The normalized spacial score (nSPS) is 11.5. The molecule has 0 saturated heterocycles. The summed E-state index contributed by atoms with van der Waals surface area (Å²) in [5, 5.41) is 8.85. The first-order valence-corrected chi connectivity index (χ1v) is 6.61. The topological polar surface area (TPSA) is 70.1 Å². The molecule has 0 aliphatic heterocycles. The second kappa shape index (κ2) is 7.99. The molecule has 0 radical (unpaired) electrons. The molecular weight excluding hydrogens is 248 g/mol. The largest absolute Gasteiger partial charge is 0.480 e. The standard InChI is InChI=1S/C13H26N2O4/c1-6-14(7-2)8-9-15(10-11(16)17)12(18)19-13(3,4)5/h6-10H2,1-5H3,(H,16,17). The van der Waals surface area contributed by atoms with Crippen LogP contribution in [-0.2, 0) is 9.53 Å². The Labute approximate surface area is 115 Å². The second-order valence-corrected chi connectivity index (χ2v) is 5.32. The minimum absolute atomic E-state index is 0.337. The van der Waals surface area contributed by atoms with Crippen molar-refractivity contribution < 1.29 is 19.4 Å². The summed E-state index contributed by atoms with van der Waals surface area (Å²) in [7, 11) is 0. The number of aliphatic carboxylic acids is 1. The Hall–Kier alpha value is -1.30. The Morgan fingerprint density at radius 1 is 1.11 bits per heavy atom. The van der Waals surface area contributed by atoms with Gasteiger partial charge in [0.1, 0.15) is 12.1 Å². The predicted molar refractivity (Wildman–Crippen MR) is 73.2 cm³/mol. The lowest BCUT2D eigenvalue weighted by Gasteiger charge is -2.28. The summed E-state index contributed by atoms with van der Waals surface area (Å²) in [6, 6.07) is 0. The molecule has 0 aliphatic carbocycles. The number of carbonyl (C=O) groups excluding carboxylic acids is 1. The quantitative estimate of drug-likeness (QED) is 0.764. The van der Waals surface area contributed by atoms with Crippen LogP contribution in [0.1, 0.15) is 34.6 Å². The van der Waals surface area contributed by atoms with Crippen LogP contribution in [-0.4, -0.2) is 65.3 Å². The highest BCUT2D eigenvalue weighted by Gasteiger charge is 2.23. The fourth-order valence-electron chi connectivity index (χ4n) is 1.53. The fraction of sp³-hybridized carbons (Fsp3) is 0.846. The highest BCUT2D eigenvalue weighted by molar-refractivity contribution is 5.76.